The van der Waals surface area contributed by atoms with Gasteiger partial charge in [-0.25, -0.2) is 0 Å². The van der Waals surface area contributed by atoms with E-state index in [-0.39, 0.29) is 11.9 Å². The van der Waals surface area contributed by atoms with Crippen LogP contribution in [0, 0.1) is 11.8 Å². The van der Waals surface area contributed by atoms with Gasteiger partial charge in [0.25, 0.3) is 0 Å². The third kappa shape index (κ3) is 9.91. The van der Waals surface area contributed by atoms with Crippen LogP contribution in [0.3, 0.4) is 0 Å². The van der Waals surface area contributed by atoms with Crippen LogP contribution >= 0.6 is 0 Å². The summed E-state index contributed by atoms with van der Waals surface area (Å²) >= 11 is 0. The van der Waals surface area contributed by atoms with Crippen molar-refractivity contribution in [1.82, 2.24) is 0 Å². The zero-order valence-electron chi connectivity index (χ0n) is 18.4. The van der Waals surface area contributed by atoms with Gasteiger partial charge in [0.15, 0.2) is 11.5 Å². The molecule has 0 aliphatic carbocycles. The number of hydrogen-bond donors (Lipinski definition) is 0. The van der Waals surface area contributed by atoms with E-state index in [1.54, 1.807) is 6.07 Å². The minimum atomic E-state index is -0.273. The molecule has 0 aliphatic rings. The summed E-state index contributed by atoms with van der Waals surface area (Å²) in [6, 6.07) is 5.52. The van der Waals surface area contributed by atoms with Crippen LogP contribution in [-0.4, -0.2) is 11.9 Å². The maximum atomic E-state index is 12.3. The molecule has 0 bridgehead atoms. The highest BCUT2D eigenvalue weighted by molar-refractivity contribution is 5.76. The van der Waals surface area contributed by atoms with Gasteiger partial charge in [0.2, 0.25) is 0 Å². The van der Waals surface area contributed by atoms with Crippen molar-refractivity contribution in [2.75, 3.05) is 0 Å². The number of ether oxygens (including phenoxy) is 2. The number of unbranched alkanes of at least 4 members (excludes halogenated alkanes) is 1. The van der Waals surface area contributed by atoms with Crippen LogP contribution in [-0.2, 0) is 16.0 Å². The SMILES string of the molecule is CCCCc1cccc(OC(=O)CCCC(C)C)c1OC(=O)CCCC(C)C. The molecule has 4 heteroatoms. The fraction of sp³-hybridized carbons (Fsp3) is 0.667. The predicted molar refractivity (Wildman–Crippen MR) is 114 cm³/mol. The smallest absolute Gasteiger partial charge is 0.311 e. The van der Waals surface area contributed by atoms with E-state index in [1.165, 1.54) is 0 Å². The lowest BCUT2D eigenvalue weighted by atomic mass is 10.1. The lowest BCUT2D eigenvalue weighted by molar-refractivity contribution is -0.137. The standard InChI is InChI=1S/C24H38O4/c1-6-7-13-20-14-10-15-21(27-22(25)16-8-11-18(2)3)24(20)28-23(26)17-9-12-19(4)5/h10,14-15,18-19H,6-9,11-13,16-17H2,1-5H3. The Hall–Kier alpha value is -1.84. The van der Waals surface area contributed by atoms with Crippen molar-refractivity contribution in [3.63, 3.8) is 0 Å². The Balaban J connectivity index is 2.83. The summed E-state index contributed by atoms with van der Waals surface area (Å²) in [7, 11) is 0. The van der Waals surface area contributed by atoms with Crippen LogP contribution in [0.2, 0.25) is 0 Å². The molecule has 28 heavy (non-hydrogen) atoms. The second kappa shape index (κ2) is 13.4. The number of carbonyl (C=O) groups is 2. The zero-order valence-corrected chi connectivity index (χ0v) is 18.4. The van der Waals surface area contributed by atoms with Crippen molar-refractivity contribution in [2.45, 2.75) is 92.4 Å². The molecule has 1 rings (SSSR count). The average Bonchev–Trinajstić information content (AvgIpc) is 2.61. The molecule has 0 saturated heterocycles. The van der Waals surface area contributed by atoms with Crippen LogP contribution in [0.25, 0.3) is 0 Å². The maximum absolute atomic E-state index is 12.3. The van der Waals surface area contributed by atoms with Gasteiger partial charge in [-0.1, -0.05) is 66.0 Å². The van der Waals surface area contributed by atoms with E-state index in [1.807, 2.05) is 12.1 Å². The minimum Gasteiger partial charge on any atom is -0.423 e. The summed E-state index contributed by atoms with van der Waals surface area (Å²) in [4.78, 5) is 24.6. The second-order valence-corrected chi connectivity index (χ2v) is 8.37. The van der Waals surface area contributed by atoms with Gasteiger partial charge in [0, 0.05) is 12.8 Å². The number of carbonyl (C=O) groups excluding carboxylic acids is 2. The summed E-state index contributed by atoms with van der Waals surface area (Å²) < 4.78 is 11.3. The fourth-order valence-electron chi connectivity index (χ4n) is 2.97. The van der Waals surface area contributed by atoms with Gasteiger partial charge in [0.1, 0.15) is 0 Å². The molecule has 0 radical (unpaired) electrons. The van der Waals surface area contributed by atoms with E-state index in [9.17, 15) is 9.59 Å². The largest absolute Gasteiger partial charge is 0.423 e. The molecule has 0 atom stereocenters. The first kappa shape index (κ1) is 24.2. The molecule has 0 amide bonds. The quantitative estimate of drug-likeness (QED) is 0.285. The molecule has 4 nitrogen and oxygen atoms in total. The minimum absolute atomic E-state index is 0.262. The zero-order chi connectivity index (χ0) is 20.9. The average molecular weight is 391 g/mol. The Kier molecular flexibility index (Phi) is 11.5. The summed E-state index contributed by atoms with van der Waals surface area (Å²) in [5.41, 5.74) is 0.923. The molecule has 0 aliphatic heterocycles. The van der Waals surface area contributed by atoms with Gasteiger partial charge < -0.3 is 9.47 Å². The summed E-state index contributed by atoms with van der Waals surface area (Å²) in [5, 5.41) is 0. The monoisotopic (exact) mass is 390 g/mol. The highest BCUT2D eigenvalue weighted by Gasteiger charge is 2.18. The molecule has 0 unspecified atom stereocenters. The Morgan fingerprint density at radius 3 is 1.96 bits per heavy atom. The van der Waals surface area contributed by atoms with E-state index in [0.717, 1.165) is 50.5 Å². The first-order valence-corrected chi connectivity index (χ1v) is 10.9. The Bertz CT molecular complexity index is 605. The Morgan fingerprint density at radius 1 is 0.857 bits per heavy atom. The van der Waals surface area contributed by atoms with Crippen molar-refractivity contribution in [3.8, 4) is 11.5 Å². The van der Waals surface area contributed by atoms with Crippen LogP contribution in [0.15, 0.2) is 18.2 Å². The number of benzene rings is 1. The van der Waals surface area contributed by atoms with E-state index in [4.69, 9.17) is 9.47 Å². The molecule has 0 saturated carbocycles. The third-order valence-electron chi connectivity index (χ3n) is 4.62. The normalized spacial score (nSPS) is 11.1. The van der Waals surface area contributed by atoms with Crippen molar-refractivity contribution >= 4 is 11.9 Å². The van der Waals surface area contributed by atoms with Gasteiger partial charge in [-0.2, -0.15) is 0 Å². The molecule has 0 aromatic heterocycles. The van der Waals surface area contributed by atoms with Crippen molar-refractivity contribution in [3.05, 3.63) is 23.8 Å². The van der Waals surface area contributed by atoms with Crippen molar-refractivity contribution in [1.29, 1.82) is 0 Å². The maximum Gasteiger partial charge on any atom is 0.311 e. The van der Waals surface area contributed by atoms with Gasteiger partial charge in [0.05, 0.1) is 0 Å². The molecule has 0 N–H and O–H groups in total. The van der Waals surface area contributed by atoms with Crippen molar-refractivity contribution < 1.29 is 19.1 Å². The topological polar surface area (TPSA) is 52.6 Å². The summed E-state index contributed by atoms with van der Waals surface area (Å²) in [6.45, 7) is 10.7. The molecule has 0 fully saturated rings. The number of para-hydroxylation sites is 1. The van der Waals surface area contributed by atoms with Gasteiger partial charge in [-0.05, 0) is 49.1 Å². The second-order valence-electron chi connectivity index (χ2n) is 8.37. The van der Waals surface area contributed by atoms with Crippen LogP contribution in [0.1, 0.15) is 91.5 Å². The summed E-state index contributed by atoms with van der Waals surface area (Å²) in [6.07, 6.45) is 7.16. The number of esters is 2. The fourth-order valence-corrected chi connectivity index (χ4v) is 2.97. The first-order valence-electron chi connectivity index (χ1n) is 10.9. The predicted octanol–water partition coefficient (Wildman–Crippen LogP) is 6.49. The Labute approximate surface area is 171 Å². The lowest BCUT2D eigenvalue weighted by Crippen LogP contribution is -2.13. The van der Waals surface area contributed by atoms with Gasteiger partial charge in [-0.15, -0.1) is 0 Å². The lowest BCUT2D eigenvalue weighted by Gasteiger charge is -2.15. The molecule has 0 heterocycles. The third-order valence-corrected chi connectivity index (χ3v) is 4.62. The number of aryl methyl sites for hydroxylation is 1. The van der Waals surface area contributed by atoms with Crippen molar-refractivity contribution in [2.24, 2.45) is 11.8 Å². The number of rotatable bonds is 13. The van der Waals surface area contributed by atoms with E-state index < -0.39 is 0 Å². The molecule has 158 valence electrons. The van der Waals surface area contributed by atoms with Crippen LogP contribution in [0.5, 0.6) is 11.5 Å². The van der Waals surface area contributed by atoms with Crippen LogP contribution in [0.4, 0.5) is 0 Å². The molecular weight excluding hydrogens is 352 g/mol. The highest BCUT2D eigenvalue weighted by atomic mass is 16.6. The number of hydrogen-bond acceptors (Lipinski definition) is 4. The van der Waals surface area contributed by atoms with E-state index >= 15 is 0 Å². The van der Waals surface area contributed by atoms with Crippen LogP contribution < -0.4 is 9.47 Å². The Morgan fingerprint density at radius 2 is 1.43 bits per heavy atom. The first-order chi connectivity index (χ1) is 13.3. The van der Waals surface area contributed by atoms with E-state index in [2.05, 4.69) is 34.6 Å². The summed E-state index contributed by atoms with van der Waals surface area (Å²) in [5.74, 6) is 1.37. The molecular formula is C24H38O4. The van der Waals surface area contributed by atoms with Gasteiger partial charge >= 0.3 is 11.9 Å². The molecule has 1 aromatic rings. The van der Waals surface area contributed by atoms with Gasteiger partial charge in [-0.3, -0.25) is 9.59 Å². The molecule has 0 spiro atoms. The highest BCUT2D eigenvalue weighted by Crippen LogP contribution is 2.33. The van der Waals surface area contributed by atoms with E-state index in [0.29, 0.717) is 36.2 Å². The molecule has 1 aromatic carbocycles.